The van der Waals surface area contributed by atoms with Crippen LogP contribution in [0.1, 0.15) is 45.1 Å². The molecule has 0 radical (unpaired) electrons. The maximum atomic E-state index is 11.3. The SMILES string of the molecule is CC(C)(CN[C@H]1CCC[C@H](C(N)=O)C1)c1ccccc1. The van der Waals surface area contributed by atoms with Crippen molar-refractivity contribution in [3.63, 3.8) is 0 Å². The Balaban J connectivity index is 1.90. The van der Waals surface area contributed by atoms with E-state index >= 15 is 0 Å². The van der Waals surface area contributed by atoms with E-state index in [1.165, 1.54) is 5.56 Å². The Morgan fingerprint density at radius 2 is 2.00 bits per heavy atom. The first kappa shape index (κ1) is 15.0. The number of nitrogens with two attached hydrogens (primary N) is 1. The number of rotatable bonds is 5. The lowest BCUT2D eigenvalue weighted by atomic mass is 9.82. The highest BCUT2D eigenvalue weighted by Gasteiger charge is 2.27. The molecule has 1 aliphatic carbocycles. The van der Waals surface area contributed by atoms with E-state index < -0.39 is 0 Å². The normalized spacial score (nSPS) is 23.5. The molecule has 0 aliphatic heterocycles. The largest absolute Gasteiger partial charge is 0.369 e. The van der Waals surface area contributed by atoms with Crippen LogP contribution in [0.25, 0.3) is 0 Å². The summed E-state index contributed by atoms with van der Waals surface area (Å²) in [6.07, 6.45) is 4.08. The average Bonchev–Trinajstić information content (AvgIpc) is 2.46. The number of primary amides is 1. The molecule has 1 aromatic carbocycles. The van der Waals surface area contributed by atoms with Gasteiger partial charge in [-0.05, 0) is 24.8 Å². The fourth-order valence-electron chi connectivity index (χ4n) is 3.02. The molecule has 0 bridgehead atoms. The van der Waals surface area contributed by atoms with Crippen LogP contribution in [0.3, 0.4) is 0 Å². The van der Waals surface area contributed by atoms with Gasteiger partial charge < -0.3 is 11.1 Å². The van der Waals surface area contributed by atoms with Gasteiger partial charge in [-0.3, -0.25) is 4.79 Å². The van der Waals surface area contributed by atoms with Crippen molar-refractivity contribution in [2.24, 2.45) is 11.7 Å². The molecule has 3 nitrogen and oxygen atoms in total. The molecule has 0 saturated heterocycles. The summed E-state index contributed by atoms with van der Waals surface area (Å²) in [6.45, 7) is 5.43. The molecule has 1 aliphatic rings. The fourth-order valence-corrected chi connectivity index (χ4v) is 3.02. The Morgan fingerprint density at radius 1 is 1.30 bits per heavy atom. The topological polar surface area (TPSA) is 55.1 Å². The van der Waals surface area contributed by atoms with Gasteiger partial charge in [0.2, 0.25) is 5.91 Å². The van der Waals surface area contributed by atoms with Crippen molar-refractivity contribution in [3.05, 3.63) is 35.9 Å². The second-order valence-corrected chi connectivity index (χ2v) is 6.59. The molecule has 1 aromatic rings. The van der Waals surface area contributed by atoms with Gasteiger partial charge in [0.1, 0.15) is 0 Å². The van der Waals surface area contributed by atoms with E-state index in [9.17, 15) is 4.79 Å². The molecule has 2 atom stereocenters. The molecular weight excluding hydrogens is 248 g/mol. The Bertz CT molecular complexity index is 442. The van der Waals surface area contributed by atoms with E-state index in [1.807, 2.05) is 6.07 Å². The maximum absolute atomic E-state index is 11.3. The van der Waals surface area contributed by atoms with E-state index in [4.69, 9.17) is 5.73 Å². The number of nitrogens with one attached hydrogen (secondary N) is 1. The van der Waals surface area contributed by atoms with Gasteiger partial charge in [-0.25, -0.2) is 0 Å². The summed E-state index contributed by atoms with van der Waals surface area (Å²) in [7, 11) is 0. The molecule has 2 rings (SSSR count). The van der Waals surface area contributed by atoms with Crippen LogP contribution < -0.4 is 11.1 Å². The lowest BCUT2D eigenvalue weighted by molar-refractivity contribution is -0.122. The van der Waals surface area contributed by atoms with Gasteiger partial charge in [-0.2, -0.15) is 0 Å². The number of carbonyl (C=O) groups excluding carboxylic acids is 1. The van der Waals surface area contributed by atoms with Gasteiger partial charge in [0.25, 0.3) is 0 Å². The Hall–Kier alpha value is -1.35. The van der Waals surface area contributed by atoms with Crippen molar-refractivity contribution in [3.8, 4) is 0 Å². The first-order chi connectivity index (χ1) is 9.49. The molecule has 3 N–H and O–H groups in total. The molecule has 20 heavy (non-hydrogen) atoms. The van der Waals surface area contributed by atoms with E-state index in [0.717, 1.165) is 32.2 Å². The fraction of sp³-hybridized carbons (Fsp3) is 0.588. The van der Waals surface area contributed by atoms with Crippen LogP contribution in [-0.2, 0) is 10.2 Å². The van der Waals surface area contributed by atoms with E-state index in [2.05, 4.69) is 43.4 Å². The van der Waals surface area contributed by atoms with Crippen molar-refractivity contribution in [2.45, 2.75) is 51.0 Å². The summed E-state index contributed by atoms with van der Waals surface area (Å²) in [6, 6.07) is 11.0. The predicted molar refractivity (Wildman–Crippen MR) is 82.4 cm³/mol. The Kier molecular flexibility index (Phi) is 4.81. The van der Waals surface area contributed by atoms with Crippen molar-refractivity contribution < 1.29 is 4.79 Å². The van der Waals surface area contributed by atoms with Crippen molar-refractivity contribution >= 4 is 5.91 Å². The predicted octanol–water partition coefficient (Wildman–Crippen LogP) is 2.60. The number of carbonyl (C=O) groups is 1. The molecule has 110 valence electrons. The zero-order valence-corrected chi connectivity index (χ0v) is 12.6. The average molecular weight is 274 g/mol. The second kappa shape index (κ2) is 6.40. The zero-order chi connectivity index (χ0) is 14.6. The van der Waals surface area contributed by atoms with Crippen molar-refractivity contribution in [1.29, 1.82) is 0 Å². The van der Waals surface area contributed by atoms with Gasteiger partial charge in [0.05, 0.1) is 0 Å². The number of amides is 1. The minimum absolute atomic E-state index is 0.0566. The molecule has 1 fully saturated rings. The van der Waals surface area contributed by atoms with Gasteiger partial charge >= 0.3 is 0 Å². The van der Waals surface area contributed by atoms with Crippen LogP contribution in [0, 0.1) is 5.92 Å². The monoisotopic (exact) mass is 274 g/mol. The molecule has 0 spiro atoms. The second-order valence-electron chi connectivity index (χ2n) is 6.59. The summed E-state index contributed by atoms with van der Waals surface area (Å²) < 4.78 is 0. The van der Waals surface area contributed by atoms with Crippen molar-refractivity contribution in [2.75, 3.05) is 6.54 Å². The maximum Gasteiger partial charge on any atom is 0.220 e. The van der Waals surface area contributed by atoms with Crippen LogP contribution in [0.15, 0.2) is 30.3 Å². The van der Waals surface area contributed by atoms with Crippen LogP contribution in [0.2, 0.25) is 0 Å². The highest BCUT2D eigenvalue weighted by atomic mass is 16.1. The third-order valence-corrected chi connectivity index (χ3v) is 4.46. The minimum Gasteiger partial charge on any atom is -0.369 e. The van der Waals surface area contributed by atoms with Crippen molar-refractivity contribution in [1.82, 2.24) is 5.32 Å². The van der Waals surface area contributed by atoms with Crippen LogP contribution in [0.5, 0.6) is 0 Å². The molecule has 1 saturated carbocycles. The van der Waals surface area contributed by atoms with Gasteiger partial charge in [0.15, 0.2) is 0 Å². The van der Waals surface area contributed by atoms with E-state index in [-0.39, 0.29) is 17.2 Å². The molecule has 1 amide bonds. The third-order valence-electron chi connectivity index (χ3n) is 4.46. The summed E-state index contributed by atoms with van der Waals surface area (Å²) >= 11 is 0. The van der Waals surface area contributed by atoms with Crippen LogP contribution in [0.4, 0.5) is 0 Å². The Labute approximate surface area is 121 Å². The lowest BCUT2D eigenvalue weighted by Crippen LogP contribution is -2.43. The van der Waals surface area contributed by atoms with Gasteiger partial charge in [-0.15, -0.1) is 0 Å². The van der Waals surface area contributed by atoms with E-state index in [0.29, 0.717) is 6.04 Å². The van der Waals surface area contributed by atoms with Crippen LogP contribution >= 0.6 is 0 Å². The first-order valence-corrected chi connectivity index (χ1v) is 7.57. The zero-order valence-electron chi connectivity index (χ0n) is 12.6. The third kappa shape index (κ3) is 3.83. The van der Waals surface area contributed by atoms with E-state index in [1.54, 1.807) is 0 Å². The summed E-state index contributed by atoms with van der Waals surface area (Å²) in [5.74, 6) is -0.0834. The molecule has 3 heteroatoms. The smallest absolute Gasteiger partial charge is 0.220 e. The summed E-state index contributed by atoms with van der Waals surface area (Å²) in [5, 5.41) is 3.64. The lowest BCUT2D eigenvalue weighted by Gasteiger charge is -2.32. The molecule has 0 heterocycles. The van der Waals surface area contributed by atoms with Crippen LogP contribution in [-0.4, -0.2) is 18.5 Å². The van der Waals surface area contributed by atoms with Gasteiger partial charge in [0, 0.05) is 23.9 Å². The number of hydrogen-bond donors (Lipinski definition) is 2. The quantitative estimate of drug-likeness (QED) is 0.867. The first-order valence-electron chi connectivity index (χ1n) is 7.57. The highest BCUT2D eigenvalue weighted by molar-refractivity contribution is 5.76. The standard InChI is InChI=1S/C17H26N2O/c1-17(2,14-8-4-3-5-9-14)12-19-15-10-6-7-13(11-15)16(18)20/h3-5,8-9,13,15,19H,6-7,10-12H2,1-2H3,(H2,18,20)/t13-,15-/m0/s1. The summed E-state index contributed by atoms with van der Waals surface area (Å²) in [4.78, 5) is 11.3. The molecule has 0 unspecified atom stereocenters. The summed E-state index contributed by atoms with van der Waals surface area (Å²) in [5.41, 5.74) is 6.88. The minimum atomic E-state index is -0.140. The number of hydrogen-bond acceptors (Lipinski definition) is 2. The number of benzene rings is 1. The molecule has 0 aromatic heterocycles. The Morgan fingerprint density at radius 3 is 2.65 bits per heavy atom. The highest BCUT2D eigenvalue weighted by Crippen LogP contribution is 2.26. The molecular formula is C17H26N2O. The van der Waals surface area contributed by atoms with Gasteiger partial charge in [-0.1, -0.05) is 50.6 Å².